The van der Waals surface area contributed by atoms with Crippen LogP contribution >= 0.6 is 12.4 Å². The summed E-state index contributed by atoms with van der Waals surface area (Å²) in [5.74, 6) is -0.135. The number of benzene rings is 1. The van der Waals surface area contributed by atoms with E-state index in [1.807, 2.05) is 0 Å². The van der Waals surface area contributed by atoms with E-state index in [1.165, 1.54) is 32.4 Å². The molecule has 0 radical (unpaired) electrons. The predicted octanol–water partition coefficient (Wildman–Crippen LogP) is 0.754. The van der Waals surface area contributed by atoms with Gasteiger partial charge in [0.1, 0.15) is 10.6 Å². The van der Waals surface area contributed by atoms with Crippen LogP contribution in [0.15, 0.2) is 23.1 Å². The number of methoxy groups -OCH3 is 1. The molecule has 1 aromatic rings. The summed E-state index contributed by atoms with van der Waals surface area (Å²) in [6.45, 7) is 4.09. The summed E-state index contributed by atoms with van der Waals surface area (Å²) in [4.78, 5) is 12.0. The molecular weight excluding hydrogens is 342 g/mol. The third kappa shape index (κ3) is 6.34. The van der Waals surface area contributed by atoms with Gasteiger partial charge in [-0.2, -0.15) is 0 Å². The molecule has 1 aromatic carbocycles. The zero-order chi connectivity index (χ0) is 16.6. The van der Waals surface area contributed by atoms with Crippen LogP contribution in [0.1, 0.15) is 23.7 Å². The molecule has 3 N–H and O–H groups in total. The van der Waals surface area contributed by atoms with Gasteiger partial charge in [-0.1, -0.05) is 6.92 Å². The Bertz CT molecular complexity index is 608. The Labute approximate surface area is 143 Å². The maximum atomic E-state index is 12.0. The van der Waals surface area contributed by atoms with Gasteiger partial charge in [-0.15, -0.1) is 12.4 Å². The maximum Gasteiger partial charge on any atom is 0.251 e. The first-order chi connectivity index (χ1) is 10.5. The zero-order valence-corrected chi connectivity index (χ0v) is 15.1. The minimum Gasteiger partial charge on any atom is -0.495 e. The van der Waals surface area contributed by atoms with Crippen LogP contribution in [0.3, 0.4) is 0 Å². The van der Waals surface area contributed by atoms with Gasteiger partial charge in [0.2, 0.25) is 10.0 Å². The summed E-state index contributed by atoms with van der Waals surface area (Å²) in [7, 11) is -1.01. The number of carbonyl (C=O) groups excluding carboxylic acids is 1. The van der Waals surface area contributed by atoms with Gasteiger partial charge in [0.15, 0.2) is 0 Å². The van der Waals surface area contributed by atoms with Crippen LogP contribution in [0, 0.1) is 0 Å². The van der Waals surface area contributed by atoms with E-state index in [-0.39, 0.29) is 34.5 Å². The van der Waals surface area contributed by atoms with Crippen molar-refractivity contribution >= 4 is 28.3 Å². The summed E-state index contributed by atoms with van der Waals surface area (Å²) in [6, 6.07) is 4.30. The standard InChI is InChI=1S/C14H23N3O4S.ClH/c1-4-7-16-8-9-17-14(18)11-5-6-12(21-3)13(10-11)22(19,20)15-2;/h5-6,10,15-16H,4,7-9H2,1-3H3,(H,17,18);1H. The number of sulfonamides is 1. The monoisotopic (exact) mass is 365 g/mol. The number of hydrogen-bond acceptors (Lipinski definition) is 5. The molecule has 0 fully saturated rings. The molecule has 0 bridgehead atoms. The quantitative estimate of drug-likeness (QED) is 0.561. The molecule has 7 nitrogen and oxygen atoms in total. The number of hydrogen-bond donors (Lipinski definition) is 3. The second-order valence-corrected chi connectivity index (χ2v) is 6.43. The highest BCUT2D eigenvalue weighted by atomic mass is 35.5. The Hall–Kier alpha value is -1.35. The average molecular weight is 366 g/mol. The average Bonchev–Trinajstić information content (AvgIpc) is 2.53. The first kappa shape index (κ1) is 21.6. The fourth-order valence-corrected chi connectivity index (χ4v) is 2.72. The Kier molecular flexibility index (Phi) is 9.82. The topological polar surface area (TPSA) is 96.5 Å². The Balaban J connectivity index is 0.00000484. The molecule has 0 aromatic heterocycles. The van der Waals surface area contributed by atoms with E-state index < -0.39 is 10.0 Å². The summed E-state index contributed by atoms with van der Waals surface area (Å²) in [5, 5.41) is 5.90. The normalized spacial score (nSPS) is 10.7. The summed E-state index contributed by atoms with van der Waals surface area (Å²) in [6.07, 6.45) is 1.03. The van der Waals surface area contributed by atoms with E-state index in [4.69, 9.17) is 4.74 Å². The molecule has 23 heavy (non-hydrogen) atoms. The fourth-order valence-electron chi connectivity index (χ4n) is 1.81. The molecule has 1 amide bonds. The van der Waals surface area contributed by atoms with E-state index in [2.05, 4.69) is 22.3 Å². The van der Waals surface area contributed by atoms with Crippen LogP contribution in [0.5, 0.6) is 5.75 Å². The lowest BCUT2D eigenvalue weighted by Gasteiger charge is -2.11. The molecule has 9 heteroatoms. The molecule has 0 saturated carbocycles. The predicted molar refractivity (Wildman–Crippen MR) is 92.0 cm³/mol. The summed E-state index contributed by atoms with van der Waals surface area (Å²) >= 11 is 0. The van der Waals surface area contributed by atoms with Crippen molar-refractivity contribution in [1.29, 1.82) is 0 Å². The lowest BCUT2D eigenvalue weighted by molar-refractivity contribution is 0.0953. The van der Waals surface area contributed by atoms with Crippen molar-refractivity contribution in [3.8, 4) is 5.75 Å². The smallest absolute Gasteiger partial charge is 0.251 e. The van der Waals surface area contributed by atoms with Crippen LogP contribution in [0.25, 0.3) is 0 Å². The van der Waals surface area contributed by atoms with E-state index >= 15 is 0 Å². The van der Waals surface area contributed by atoms with E-state index in [1.54, 1.807) is 0 Å². The molecule has 0 saturated heterocycles. The third-order valence-electron chi connectivity index (χ3n) is 3.00. The Morgan fingerprint density at radius 1 is 1.22 bits per heavy atom. The molecule has 0 unspecified atom stereocenters. The van der Waals surface area contributed by atoms with Crippen molar-refractivity contribution in [1.82, 2.24) is 15.4 Å². The summed E-state index contributed by atoms with van der Waals surface area (Å²) in [5.41, 5.74) is 0.269. The van der Waals surface area contributed by atoms with Crippen LogP contribution in [0.4, 0.5) is 0 Å². The second kappa shape index (κ2) is 10.4. The van der Waals surface area contributed by atoms with Gasteiger partial charge < -0.3 is 15.4 Å². The van der Waals surface area contributed by atoms with Gasteiger partial charge in [0, 0.05) is 18.7 Å². The molecule has 132 valence electrons. The first-order valence-electron chi connectivity index (χ1n) is 7.06. The molecule has 0 aliphatic carbocycles. The minimum atomic E-state index is -3.70. The molecule has 1 rings (SSSR count). The highest BCUT2D eigenvalue weighted by molar-refractivity contribution is 7.89. The fraction of sp³-hybridized carbons (Fsp3) is 0.500. The number of rotatable bonds is 9. The SMILES string of the molecule is CCCNCCNC(=O)c1ccc(OC)c(S(=O)(=O)NC)c1.Cl. The Morgan fingerprint density at radius 2 is 1.91 bits per heavy atom. The van der Waals surface area contributed by atoms with Gasteiger partial charge in [-0.25, -0.2) is 13.1 Å². The second-order valence-electron chi connectivity index (χ2n) is 4.58. The molecule has 0 aliphatic heterocycles. The van der Waals surface area contributed by atoms with Gasteiger partial charge in [0.25, 0.3) is 5.91 Å². The maximum absolute atomic E-state index is 12.0. The first-order valence-corrected chi connectivity index (χ1v) is 8.55. The highest BCUT2D eigenvalue weighted by Crippen LogP contribution is 2.24. The van der Waals surface area contributed by atoms with Crippen molar-refractivity contribution in [3.05, 3.63) is 23.8 Å². The highest BCUT2D eigenvalue weighted by Gasteiger charge is 2.19. The van der Waals surface area contributed by atoms with Crippen molar-refractivity contribution in [2.75, 3.05) is 33.8 Å². The van der Waals surface area contributed by atoms with Crippen LogP contribution in [-0.4, -0.2) is 48.1 Å². The van der Waals surface area contributed by atoms with E-state index in [0.29, 0.717) is 13.1 Å². The van der Waals surface area contributed by atoms with E-state index in [9.17, 15) is 13.2 Å². The number of carbonyl (C=O) groups is 1. The number of nitrogens with one attached hydrogen (secondary N) is 3. The third-order valence-corrected chi connectivity index (χ3v) is 4.43. The van der Waals surface area contributed by atoms with Crippen molar-refractivity contribution in [2.45, 2.75) is 18.2 Å². The number of amides is 1. The molecule has 0 atom stereocenters. The lowest BCUT2D eigenvalue weighted by Crippen LogP contribution is -2.32. The van der Waals surface area contributed by atoms with Gasteiger partial charge in [0.05, 0.1) is 7.11 Å². The van der Waals surface area contributed by atoms with Crippen LogP contribution in [0.2, 0.25) is 0 Å². The minimum absolute atomic E-state index is 0. The lowest BCUT2D eigenvalue weighted by atomic mass is 10.2. The number of halogens is 1. The van der Waals surface area contributed by atoms with Gasteiger partial charge in [-0.3, -0.25) is 4.79 Å². The van der Waals surface area contributed by atoms with E-state index in [0.717, 1.165) is 13.0 Å². The van der Waals surface area contributed by atoms with Gasteiger partial charge >= 0.3 is 0 Å². The van der Waals surface area contributed by atoms with Crippen molar-refractivity contribution in [2.24, 2.45) is 0 Å². The van der Waals surface area contributed by atoms with Gasteiger partial charge in [-0.05, 0) is 38.2 Å². The molecular formula is C14H24ClN3O4S. The number of ether oxygens (including phenoxy) is 1. The van der Waals surface area contributed by atoms with Crippen molar-refractivity contribution in [3.63, 3.8) is 0 Å². The molecule has 0 aliphatic rings. The van der Waals surface area contributed by atoms with Crippen LogP contribution < -0.4 is 20.1 Å². The zero-order valence-electron chi connectivity index (χ0n) is 13.5. The van der Waals surface area contributed by atoms with Crippen molar-refractivity contribution < 1.29 is 17.9 Å². The molecule has 0 spiro atoms. The molecule has 0 heterocycles. The Morgan fingerprint density at radius 3 is 2.48 bits per heavy atom. The largest absolute Gasteiger partial charge is 0.495 e. The summed E-state index contributed by atoms with van der Waals surface area (Å²) < 4.78 is 31.2. The van der Waals surface area contributed by atoms with Crippen LogP contribution in [-0.2, 0) is 10.0 Å².